The number of para-hydroxylation sites is 1. The molecule has 0 saturated carbocycles. The van der Waals surface area contributed by atoms with Gasteiger partial charge in [-0.15, -0.1) is 0 Å². The average Bonchev–Trinajstić information content (AvgIpc) is 3.07. The average molecular weight is 271 g/mol. The number of benzene rings is 1. The van der Waals surface area contributed by atoms with Crippen molar-refractivity contribution < 1.29 is 4.79 Å². The first-order valence-electron chi connectivity index (χ1n) is 7.25. The summed E-state index contributed by atoms with van der Waals surface area (Å²) in [5, 5.41) is 4.35. The lowest BCUT2D eigenvalue weighted by atomic mass is 10.1. The maximum absolute atomic E-state index is 12.4. The normalized spacial score (nSPS) is 18.9. The van der Waals surface area contributed by atoms with Gasteiger partial charge < -0.3 is 15.2 Å². The van der Waals surface area contributed by atoms with Crippen LogP contribution in [-0.2, 0) is 11.2 Å². The highest BCUT2D eigenvalue weighted by molar-refractivity contribution is 5.88. The first kappa shape index (κ1) is 13.2. The zero-order valence-electron chi connectivity index (χ0n) is 11.9. The minimum absolute atomic E-state index is 0.244. The Labute approximate surface area is 119 Å². The maximum atomic E-state index is 12.4. The Morgan fingerprint density at radius 2 is 2.30 bits per heavy atom. The van der Waals surface area contributed by atoms with E-state index in [1.165, 1.54) is 0 Å². The third kappa shape index (κ3) is 2.56. The molecule has 1 atom stereocenters. The molecule has 1 aliphatic rings. The third-order valence-electron chi connectivity index (χ3n) is 4.15. The first-order valence-corrected chi connectivity index (χ1v) is 7.25. The quantitative estimate of drug-likeness (QED) is 0.890. The highest BCUT2D eigenvalue weighted by Crippen LogP contribution is 2.21. The van der Waals surface area contributed by atoms with E-state index >= 15 is 0 Å². The van der Waals surface area contributed by atoms with E-state index in [4.69, 9.17) is 0 Å². The third-order valence-corrected chi connectivity index (χ3v) is 4.15. The summed E-state index contributed by atoms with van der Waals surface area (Å²) in [6, 6.07) is 8.14. The standard InChI is InChI=1S/C16H21N3O/c1-17-9-12-6-7-19(11-12)16(20)8-13-10-18-15-5-3-2-4-14(13)15/h2-5,10,12,17-18H,6-9,11H2,1H3. The monoisotopic (exact) mass is 271 g/mol. The minimum atomic E-state index is 0.244. The van der Waals surface area contributed by atoms with Crippen molar-refractivity contribution in [1.82, 2.24) is 15.2 Å². The number of aromatic amines is 1. The van der Waals surface area contributed by atoms with Crippen LogP contribution in [-0.4, -0.2) is 42.5 Å². The number of hydrogen-bond acceptors (Lipinski definition) is 2. The Morgan fingerprint density at radius 3 is 3.15 bits per heavy atom. The van der Waals surface area contributed by atoms with Gasteiger partial charge in [0.1, 0.15) is 0 Å². The molecule has 20 heavy (non-hydrogen) atoms. The van der Waals surface area contributed by atoms with E-state index < -0.39 is 0 Å². The molecule has 1 aromatic heterocycles. The Balaban J connectivity index is 1.67. The zero-order valence-corrected chi connectivity index (χ0v) is 11.9. The summed E-state index contributed by atoms with van der Waals surface area (Å²) in [7, 11) is 1.97. The molecular weight excluding hydrogens is 250 g/mol. The van der Waals surface area contributed by atoms with E-state index in [2.05, 4.69) is 16.4 Å². The molecule has 0 aliphatic carbocycles. The second-order valence-electron chi connectivity index (χ2n) is 5.59. The summed E-state index contributed by atoms with van der Waals surface area (Å²) in [6.07, 6.45) is 3.57. The molecule has 2 heterocycles. The molecule has 1 aromatic carbocycles. The number of amides is 1. The highest BCUT2D eigenvalue weighted by Gasteiger charge is 2.25. The fourth-order valence-electron chi connectivity index (χ4n) is 3.07. The first-order chi connectivity index (χ1) is 9.78. The van der Waals surface area contributed by atoms with Crippen molar-refractivity contribution in [3.05, 3.63) is 36.0 Å². The van der Waals surface area contributed by atoms with Crippen molar-refractivity contribution in [2.45, 2.75) is 12.8 Å². The fraction of sp³-hybridized carbons (Fsp3) is 0.438. The number of carbonyl (C=O) groups is 1. The van der Waals surface area contributed by atoms with Gasteiger partial charge in [-0.3, -0.25) is 4.79 Å². The van der Waals surface area contributed by atoms with E-state index in [9.17, 15) is 4.79 Å². The smallest absolute Gasteiger partial charge is 0.227 e. The minimum Gasteiger partial charge on any atom is -0.361 e. The molecule has 1 saturated heterocycles. The van der Waals surface area contributed by atoms with Gasteiger partial charge in [0.15, 0.2) is 0 Å². The largest absolute Gasteiger partial charge is 0.361 e. The van der Waals surface area contributed by atoms with E-state index in [1.807, 2.05) is 36.3 Å². The Kier molecular flexibility index (Phi) is 3.74. The fourth-order valence-corrected chi connectivity index (χ4v) is 3.07. The lowest BCUT2D eigenvalue weighted by Gasteiger charge is -2.16. The van der Waals surface area contributed by atoms with Crippen LogP contribution in [0.5, 0.6) is 0 Å². The van der Waals surface area contributed by atoms with E-state index in [0.29, 0.717) is 12.3 Å². The number of H-pyrrole nitrogens is 1. The molecule has 1 amide bonds. The molecule has 1 unspecified atom stereocenters. The van der Waals surface area contributed by atoms with Gasteiger partial charge in [-0.2, -0.15) is 0 Å². The molecule has 4 heteroatoms. The topological polar surface area (TPSA) is 48.1 Å². The van der Waals surface area contributed by atoms with Gasteiger partial charge in [0.25, 0.3) is 0 Å². The summed E-state index contributed by atoms with van der Waals surface area (Å²) in [4.78, 5) is 17.6. The second-order valence-corrected chi connectivity index (χ2v) is 5.59. The van der Waals surface area contributed by atoms with Crippen molar-refractivity contribution >= 4 is 16.8 Å². The number of rotatable bonds is 4. The summed E-state index contributed by atoms with van der Waals surface area (Å²) < 4.78 is 0. The SMILES string of the molecule is CNCC1CCN(C(=O)Cc2c[nH]c3ccccc23)C1. The van der Waals surface area contributed by atoms with E-state index in [-0.39, 0.29) is 5.91 Å². The Bertz CT molecular complexity index is 605. The van der Waals surface area contributed by atoms with Gasteiger partial charge in [0, 0.05) is 30.2 Å². The van der Waals surface area contributed by atoms with Crippen LogP contribution >= 0.6 is 0 Å². The van der Waals surface area contributed by atoms with Crippen LogP contribution in [0.4, 0.5) is 0 Å². The van der Waals surface area contributed by atoms with Crippen molar-refractivity contribution in [3.8, 4) is 0 Å². The Hall–Kier alpha value is -1.81. The molecule has 1 fully saturated rings. The van der Waals surface area contributed by atoms with E-state index in [0.717, 1.165) is 42.5 Å². The van der Waals surface area contributed by atoms with Crippen LogP contribution in [0, 0.1) is 5.92 Å². The number of fused-ring (bicyclic) bond motifs is 1. The van der Waals surface area contributed by atoms with Gasteiger partial charge in [-0.05, 0) is 37.6 Å². The summed E-state index contributed by atoms with van der Waals surface area (Å²) >= 11 is 0. The summed E-state index contributed by atoms with van der Waals surface area (Å²) in [6.45, 7) is 2.78. The maximum Gasteiger partial charge on any atom is 0.227 e. The number of likely N-dealkylation sites (tertiary alicyclic amines) is 1. The van der Waals surface area contributed by atoms with Crippen LogP contribution < -0.4 is 5.32 Å². The number of nitrogens with zero attached hydrogens (tertiary/aromatic N) is 1. The number of carbonyl (C=O) groups excluding carboxylic acids is 1. The highest BCUT2D eigenvalue weighted by atomic mass is 16.2. The van der Waals surface area contributed by atoms with Crippen LogP contribution in [0.2, 0.25) is 0 Å². The number of aromatic nitrogens is 1. The number of hydrogen-bond donors (Lipinski definition) is 2. The lowest BCUT2D eigenvalue weighted by molar-refractivity contribution is -0.129. The predicted octanol–water partition coefficient (Wildman–Crippen LogP) is 1.78. The Morgan fingerprint density at radius 1 is 1.45 bits per heavy atom. The van der Waals surface area contributed by atoms with Gasteiger partial charge >= 0.3 is 0 Å². The van der Waals surface area contributed by atoms with Crippen molar-refractivity contribution in [3.63, 3.8) is 0 Å². The second kappa shape index (κ2) is 5.67. The van der Waals surface area contributed by atoms with Crippen molar-refractivity contribution in [1.29, 1.82) is 0 Å². The van der Waals surface area contributed by atoms with Gasteiger partial charge in [0.2, 0.25) is 5.91 Å². The van der Waals surface area contributed by atoms with Crippen LogP contribution in [0.15, 0.2) is 30.5 Å². The molecule has 2 N–H and O–H groups in total. The molecule has 0 spiro atoms. The molecule has 106 valence electrons. The van der Waals surface area contributed by atoms with Gasteiger partial charge in [-0.1, -0.05) is 18.2 Å². The van der Waals surface area contributed by atoms with Gasteiger partial charge in [0.05, 0.1) is 6.42 Å². The molecule has 2 aromatic rings. The van der Waals surface area contributed by atoms with Crippen molar-refractivity contribution in [2.75, 3.05) is 26.7 Å². The predicted molar refractivity (Wildman–Crippen MR) is 80.6 cm³/mol. The lowest BCUT2D eigenvalue weighted by Crippen LogP contribution is -2.31. The zero-order chi connectivity index (χ0) is 13.9. The molecule has 3 rings (SSSR count). The van der Waals surface area contributed by atoms with Crippen molar-refractivity contribution in [2.24, 2.45) is 5.92 Å². The van der Waals surface area contributed by atoms with Gasteiger partial charge in [-0.25, -0.2) is 0 Å². The molecular formula is C16H21N3O. The van der Waals surface area contributed by atoms with Crippen LogP contribution in [0.25, 0.3) is 10.9 Å². The summed E-state index contributed by atoms with van der Waals surface area (Å²) in [5.41, 5.74) is 2.20. The number of nitrogens with one attached hydrogen (secondary N) is 2. The van der Waals surface area contributed by atoms with E-state index in [1.54, 1.807) is 0 Å². The van der Waals surface area contributed by atoms with Crippen LogP contribution in [0.1, 0.15) is 12.0 Å². The van der Waals surface area contributed by atoms with Crippen LogP contribution in [0.3, 0.4) is 0 Å². The molecule has 0 radical (unpaired) electrons. The molecule has 4 nitrogen and oxygen atoms in total. The summed E-state index contributed by atoms with van der Waals surface area (Å²) in [5.74, 6) is 0.847. The molecule has 1 aliphatic heterocycles. The molecule has 0 bridgehead atoms.